The molecule has 0 spiro atoms. The number of nitro groups is 1. The van der Waals surface area contributed by atoms with Crippen molar-refractivity contribution in [1.82, 2.24) is 5.32 Å². The van der Waals surface area contributed by atoms with E-state index in [4.69, 9.17) is 10.5 Å². The number of carbonyl (C=O) groups is 1. The van der Waals surface area contributed by atoms with Crippen molar-refractivity contribution in [3.8, 4) is 5.75 Å². The molecule has 0 aliphatic rings. The van der Waals surface area contributed by atoms with Gasteiger partial charge in [-0.2, -0.15) is 0 Å². The van der Waals surface area contributed by atoms with Crippen LogP contribution < -0.4 is 15.8 Å². The first-order valence-corrected chi connectivity index (χ1v) is 5.44. The van der Waals surface area contributed by atoms with Gasteiger partial charge in [0.1, 0.15) is 18.4 Å². The highest BCUT2D eigenvalue weighted by molar-refractivity contribution is 5.80. The minimum absolute atomic E-state index is 0.0134. The average Bonchev–Trinajstić information content (AvgIpc) is 2.34. The minimum atomic E-state index is -0.579. The molecule has 18 heavy (non-hydrogen) atoms. The van der Waals surface area contributed by atoms with Crippen molar-refractivity contribution in [2.45, 2.75) is 13.0 Å². The molecular weight excluding hydrogens is 238 g/mol. The molecule has 0 fully saturated rings. The summed E-state index contributed by atoms with van der Waals surface area (Å²) >= 11 is 0. The molecule has 1 rings (SSSR count). The topological polar surface area (TPSA) is 107 Å². The van der Waals surface area contributed by atoms with Gasteiger partial charge in [-0.05, 0) is 18.7 Å². The molecule has 0 aliphatic heterocycles. The number of amides is 1. The molecule has 3 N–H and O–H groups in total. The van der Waals surface area contributed by atoms with E-state index in [0.29, 0.717) is 12.3 Å². The van der Waals surface area contributed by atoms with Crippen molar-refractivity contribution >= 4 is 11.6 Å². The fourth-order valence-corrected chi connectivity index (χ4v) is 1.33. The third-order valence-corrected chi connectivity index (χ3v) is 2.26. The Kier molecular flexibility index (Phi) is 5.06. The van der Waals surface area contributed by atoms with Crippen molar-refractivity contribution < 1.29 is 14.5 Å². The Bertz CT molecular complexity index is 419. The number of nitrogens with one attached hydrogen (secondary N) is 1. The van der Waals surface area contributed by atoms with Crippen LogP contribution in [0.1, 0.15) is 6.92 Å². The summed E-state index contributed by atoms with van der Waals surface area (Å²) in [5.74, 6) is -0.0523. The third-order valence-electron chi connectivity index (χ3n) is 2.26. The van der Waals surface area contributed by atoms with Crippen molar-refractivity contribution in [2.24, 2.45) is 5.73 Å². The van der Waals surface area contributed by atoms with Gasteiger partial charge >= 0.3 is 0 Å². The van der Waals surface area contributed by atoms with E-state index in [1.807, 2.05) is 6.92 Å². The van der Waals surface area contributed by atoms with Crippen molar-refractivity contribution in [1.29, 1.82) is 0 Å². The number of carbonyl (C=O) groups excluding carboxylic acids is 1. The molecule has 7 heteroatoms. The van der Waals surface area contributed by atoms with Gasteiger partial charge in [0.25, 0.3) is 5.69 Å². The number of nitro benzene ring substituents is 1. The largest absolute Gasteiger partial charge is 0.491 e. The van der Waals surface area contributed by atoms with Crippen LogP contribution in [-0.2, 0) is 4.79 Å². The summed E-state index contributed by atoms with van der Waals surface area (Å²) in [5.41, 5.74) is 5.17. The van der Waals surface area contributed by atoms with Gasteiger partial charge in [0.2, 0.25) is 5.91 Å². The molecule has 98 valence electrons. The predicted molar refractivity (Wildman–Crippen MR) is 65.3 cm³/mol. The summed E-state index contributed by atoms with van der Waals surface area (Å²) in [4.78, 5) is 21.0. The normalized spacial score (nSPS) is 11.8. The molecule has 0 saturated carbocycles. The van der Waals surface area contributed by atoms with Crippen LogP contribution in [0.25, 0.3) is 0 Å². The van der Waals surface area contributed by atoms with Gasteiger partial charge in [-0.1, -0.05) is 6.92 Å². The second kappa shape index (κ2) is 6.55. The Hall–Kier alpha value is -2.15. The molecule has 7 nitrogen and oxygen atoms in total. The highest BCUT2D eigenvalue weighted by Crippen LogP contribution is 2.17. The van der Waals surface area contributed by atoms with Gasteiger partial charge in [-0.25, -0.2) is 0 Å². The number of nitrogens with two attached hydrogens (primary N) is 1. The fraction of sp³-hybridized carbons (Fsp3) is 0.364. The summed E-state index contributed by atoms with van der Waals surface area (Å²) in [5, 5.41) is 13.3. The summed E-state index contributed by atoms with van der Waals surface area (Å²) in [6.45, 7) is 2.53. The van der Waals surface area contributed by atoms with Gasteiger partial charge < -0.3 is 15.8 Å². The molecule has 0 bridgehead atoms. The van der Waals surface area contributed by atoms with E-state index in [1.54, 1.807) is 0 Å². The quantitative estimate of drug-likeness (QED) is 0.541. The van der Waals surface area contributed by atoms with Crippen molar-refractivity contribution in [2.75, 3.05) is 13.2 Å². The second-order valence-electron chi connectivity index (χ2n) is 3.57. The molecule has 0 aromatic heterocycles. The summed E-state index contributed by atoms with van der Waals surface area (Å²) in [6, 6.07) is 5.04. The number of ether oxygens (including phenoxy) is 1. The Morgan fingerprint density at radius 1 is 1.50 bits per heavy atom. The molecule has 0 radical (unpaired) electrons. The molecule has 1 amide bonds. The molecule has 0 aliphatic carbocycles. The van der Waals surface area contributed by atoms with E-state index < -0.39 is 16.9 Å². The van der Waals surface area contributed by atoms with Crippen LogP contribution >= 0.6 is 0 Å². The third kappa shape index (κ3) is 4.02. The number of nitrogens with zero attached hydrogens (tertiary/aromatic N) is 1. The molecule has 0 saturated heterocycles. The van der Waals surface area contributed by atoms with E-state index in [-0.39, 0.29) is 12.3 Å². The standard InChI is InChI=1S/C11H15N3O4/c1-2-13-10(11(12)15)7-18-9-5-3-8(4-6-9)14(16)17/h3-6,10,13H,2,7H2,1H3,(H2,12,15). The monoisotopic (exact) mass is 253 g/mol. The fourth-order valence-electron chi connectivity index (χ4n) is 1.33. The van der Waals surface area contributed by atoms with Gasteiger partial charge in [0.15, 0.2) is 0 Å². The lowest BCUT2D eigenvalue weighted by molar-refractivity contribution is -0.384. The Labute approximate surface area is 104 Å². The number of benzene rings is 1. The lowest BCUT2D eigenvalue weighted by Crippen LogP contribution is -2.45. The van der Waals surface area contributed by atoms with Crippen LogP contribution in [0, 0.1) is 10.1 Å². The molecule has 0 heterocycles. The highest BCUT2D eigenvalue weighted by atomic mass is 16.6. The lowest BCUT2D eigenvalue weighted by atomic mass is 10.3. The van der Waals surface area contributed by atoms with E-state index >= 15 is 0 Å². The zero-order valence-electron chi connectivity index (χ0n) is 9.96. The summed E-state index contributed by atoms with van der Waals surface area (Å²) < 4.78 is 5.33. The van der Waals surface area contributed by atoms with Gasteiger partial charge in [-0.15, -0.1) is 0 Å². The Morgan fingerprint density at radius 2 is 2.11 bits per heavy atom. The molecule has 1 atom stereocenters. The first kappa shape index (κ1) is 13.9. The SMILES string of the molecule is CCNC(COc1ccc([N+](=O)[O-])cc1)C(N)=O. The van der Waals surface area contributed by atoms with Crippen LogP contribution in [0.4, 0.5) is 5.69 Å². The van der Waals surface area contributed by atoms with Crippen molar-refractivity contribution in [3.05, 3.63) is 34.4 Å². The molecule has 1 aromatic rings. The van der Waals surface area contributed by atoms with Gasteiger partial charge in [0, 0.05) is 12.1 Å². The average molecular weight is 253 g/mol. The molecule has 1 aromatic carbocycles. The number of hydrogen-bond donors (Lipinski definition) is 2. The zero-order valence-corrected chi connectivity index (χ0v) is 9.96. The predicted octanol–water partition coefficient (Wildman–Crippen LogP) is 0.437. The van der Waals surface area contributed by atoms with Gasteiger partial charge in [0.05, 0.1) is 4.92 Å². The van der Waals surface area contributed by atoms with E-state index in [9.17, 15) is 14.9 Å². The summed E-state index contributed by atoms with van der Waals surface area (Å²) in [7, 11) is 0. The van der Waals surface area contributed by atoms with Crippen molar-refractivity contribution in [3.63, 3.8) is 0 Å². The minimum Gasteiger partial charge on any atom is -0.491 e. The number of likely N-dealkylation sites (N-methyl/N-ethyl adjacent to an activating group) is 1. The maximum atomic E-state index is 11.0. The summed E-state index contributed by atoms with van der Waals surface area (Å²) in [6.07, 6.45) is 0. The van der Waals surface area contributed by atoms with E-state index in [0.717, 1.165) is 0 Å². The zero-order chi connectivity index (χ0) is 13.5. The maximum absolute atomic E-state index is 11.0. The molecule has 1 unspecified atom stereocenters. The number of primary amides is 1. The van der Waals surface area contributed by atoms with Crippen LogP contribution in [0.2, 0.25) is 0 Å². The number of non-ortho nitro benzene ring substituents is 1. The van der Waals surface area contributed by atoms with E-state index in [2.05, 4.69) is 5.32 Å². The highest BCUT2D eigenvalue weighted by Gasteiger charge is 2.14. The van der Waals surface area contributed by atoms with Crippen LogP contribution in [-0.4, -0.2) is 30.0 Å². The van der Waals surface area contributed by atoms with Crippen LogP contribution in [0.3, 0.4) is 0 Å². The number of hydrogen-bond acceptors (Lipinski definition) is 5. The van der Waals surface area contributed by atoms with E-state index in [1.165, 1.54) is 24.3 Å². The van der Waals surface area contributed by atoms with Gasteiger partial charge in [-0.3, -0.25) is 14.9 Å². The smallest absolute Gasteiger partial charge is 0.269 e. The van der Waals surface area contributed by atoms with Crippen LogP contribution in [0.15, 0.2) is 24.3 Å². The van der Waals surface area contributed by atoms with Crippen LogP contribution in [0.5, 0.6) is 5.75 Å². The molecular formula is C11H15N3O4. The first-order valence-electron chi connectivity index (χ1n) is 5.44. The maximum Gasteiger partial charge on any atom is 0.269 e. The lowest BCUT2D eigenvalue weighted by Gasteiger charge is -2.14. The first-order chi connectivity index (χ1) is 8.54. The Morgan fingerprint density at radius 3 is 2.56 bits per heavy atom. The number of rotatable bonds is 7. The second-order valence-corrected chi connectivity index (χ2v) is 3.57. The Balaban J connectivity index is 2.56.